The summed E-state index contributed by atoms with van der Waals surface area (Å²) in [5, 5.41) is 8.77. The van der Waals surface area contributed by atoms with E-state index in [0.29, 0.717) is 25.3 Å². The van der Waals surface area contributed by atoms with Crippen LogP contribution in [0.3, 0.4) is 0 Å². The van der Waals surface area contributed by atoms with E-state index in [-0.39, 0.29) is 17.0 Å². The second kappa shape index (κ2) is 9.46. The zero-order valence-electron chi connectivity index (χ0n) is 16.1. The van der Waals surface area contributed by atoms with Gasteiger partial charge in [0.05, 0.1) is 24.1 Å². The number of halogens is 2. The molecule has 1 heterocycles. The molecule has 4 aromatic rings. The summed E-state index contributed by atoms with van der Waals surface area (Å²) in [6.45, 7) is 3.84. The summed E-state index contributed by atoms with van der Waals surface area (Å²) >= 11 is 3.62. The van der Waals surface area contributed by atoms with Gasteiger partial charge in [-0.3, -0.25) is 5.41 Å². The fourth-order valence-corrected chi connectivity index (χ4v) is 3.85. The Bertz CT molecular complexity index is 1180. The van der Waals surface area contributed by atoms with Crippen LogP contribution < -0.4 is 10.4 Å². The zero-order valence-corrected chi connectivity index (χ0v) is 19.4. The Labute approximate surface area is 189 Å². The molecule has 0 bridgehead atoms. The van der Waals surface area contributed by atoms with Crippen LogP contribution in [-0.4, -0.2) is 15.7 Å². The third-order valence-electron chi connectivity index (χ3n) is 4.83. The maximum atomic E-state index is 8.77. The van der Waals surface area contributed by atoms with Crippen LogP contribution in [0, 0.1) is 12.3 Å². The first-order valence-electron chi connectivity index (χ1n) is 9.29. The Balaban J connectivity index is 0.00000240. The molecule has 0 unspecified atom stereocenters. The summed E-state index contributed by atoms with van der Waals surface area (Å²) in [6.07, 6.45) is 0. The molecule has 0 spiro atoms. The minimum atomic E-state index is 0. The first-order chi connectivity index (χ1) is 13.6. The van der Waals surface area contributed by atoms with E-state index in [0.717, 1.165) is 26.8 Å². The van der Waals surface area contributed by atoms with E-state index in [1.165, 1.54) is 5.56 Å². The highest BCUT2D eigenvalue weighted by Crippen LogP contribution is 2.20. The molecule has 6 heteroatoms. The van der Waals surface area contributed by atoms with E-state index in [4.69, 9.17) is 10.1 Å². The molecule has 0 radical (unpaired) electrons. The van der Waals surface area contributed by atoms with Crippen LogP contribution in [0.25, 0.3) is 11.0 Å². The van der Waals surface area contributed by atoms with Crippen LogP contribution in [-0.2, 0) is 13.1 Å². The lowest BCUT2D eigenvalue weighted by Gasteiger charge is -2.09. The summed E-state index contributed by atoms with van der Waals surface area (Å²) in [6, 6.07) is 24.4. The van der Waals surface area contributed by atoms with Gasteiger partial charge in [0.2, 0.25) is 5.62 Å². The zero-order chi connectivity index (χ0) is 19.5. The lowest BCUT2D eigenvalue weighted by Crippen LogP contribution is -2.27. The minimum Gasteiger partial charge on any atom is -0.492 e. The van der Waals surface area contributed by atoms with Gasteiger partial charge in [0.1, 0.15) is 12.4 Å². The van der Waals surface area contributed by atoms with Gasteiger partial charge in [0, 0.05) is 4.47 Å². The van der Waals surface area contributed by atoms with Crippen molar-refractivity contribution in [1.29, 1.82) is 5.41 Å². The Morgan fingerprint density at radius 3 is 2.31 bits per heavy atom. The summed E-state index contributed by atoms with van der Waals surface area (Å²) in [5.41, 5.74) is 4.91. The number of nitrogens with one attached hydrogen (secondary N) is 1. The normalized spacial score (nSPS) is 10.7. The lowest BCUT2D eigenvalue weighted by molar-refractivity contribution is 0.296. The molecule has 29 heavy (non-hydrogen) atoms. The highest BCUT2D eigenvalue weighted by atomic mass is 79.9. The van der Waals surface area contributed by atoms with Crippen molar-refractivity contribution >= 4 is 43.9 Å². The van der Waals surface area contributed by atoms with E-state index in [9.17, 15) is 0 Å². The van der Waals surface area contributed by atoms with E-state index in [1.807, 2.05) is 57.7 Å². The van der Waals surface area contributed by atoms with Crippen molar-refractivity contribution in [2.24, 2.45) is 0 Å². The fourth-order valence-electron chi connectivity index (χ4n) is 3.44. The quantitative estimate of drug-likeness (QED) is 0.351. The van der Waals surface area contributed by atoms with E-state index in [2.05, 4.69) is 47.1 Å². The van der Waals surface area contributed by atoms with Gasteiger partial charge in [-0.05, 0) is 48.4 Å². The molecule has 0 fully saturated rings. The number of hydrogen-bond acceptors (Lipinski definition) is 2. The first kappa shape index (κ1) is 21.4. The van der Waals surface area contributed by atoms with Gasteiger partial charge >= 0.3 is 0 Å². The van der Waals surface area contributed by atoms with E-state index in [1.54, 1.807) is 0 Å². The first-order valence-corrected chi connectivity index (χ1v) is 10.1. The van der Waals surface area contributed by atoms with Crippen molar-refractivity contribution in [3.05, 3.63) is 94.0 Å². The average molecular weight is 517 g/mol. The highest BCUT2D eigenvalue weighted by Gasteiger charge is 2.12. The topological polar surface area (TPSA) is 42.9 Å². The molecule has 4 nitrogen and oxygen atoms in total. The molecule has 1 N–H and O–H groups in total. The van der Waals surface area contributed by atoms with Crippen LogP contribution in [0.4, 0.5) is 0 Å². The molecule has 0 aliphatic heterocycles. The SMILES string of the molecule is Br.Cc1cccc(OCCn2c(=N)n(Cc3ccccc3Br)c3ccccc32)c1. The molecular formula is C23H23Br2N3O. The molecule has 1 aromatic heterocycles. The molecule has 0 atom stereocenters. The van der Waals surface area contributed by atoms with Gasteiger partial charge in [0.15, 0.2) is 0 Å². The second-order valence-corrected chi connectivity index (χ2v) is 7.66. The van der Waals surface area contributed by atoms with E-state index >= 15 is 0 Å². The van der Waals surface area contributed by atoms with Crippen LogP contribution in [0.1, 0.15) is 11.1 Å². The second-order valence-electron chi connectivity index (χ2n) is 6.81. The molecule has 0 saturated carbocycles. The summed E-state index contributed by atoms with van der Waals surface area (Å²) in [7, 11) is 0. The number of para-hydroxylation sites is 2. The number of aryl methyl sites for hydroxylation is 1. The number of nitrogens with zero attached hydrogens (tertiary/aromatic N) is 2. The molecule has 0 aliphatic carbocycles. The Morgan fingerprint density at radius 2 is 1.59 bits per heavy atom. The number of benzene rings is 3. The van der Waals surface area contributed by atoms with Crippen LogP contribution in [0.5, 0.6) is 5.75 Å². The van der Waals surface area contributed by atoms with E-state index < -0.39 is 0 Å². The van der Waals surface area contributed by atoms with Crippen molar-refractivity contribution in [3.8, 4) is 5.75 Å². The van der Waals surface area contributed by atoms with Crippen LogP contribution in [0.2, 0.25) is 0 Å². The lowest BCUT2D eigenvalue weighted by atomic mass is 10.2. The molecule has 150 valence electrons. The van der Waals surface area contributed by atoms with Crippen molar-refractivity contribution in [1.82, 2.24) is 9.13 Å². The highest BCUT2D eigenvalue weighted by molar-refractivity contribution is 9.10. The Hall–Kier alpha value is -2.31. The molecular weight excluding hydrogens is 494 g/mol. The van der Waals surface area contributed by atoms with Gasteiger partial charge in [0.25, 0.3) is 0 Å². The van der Waals surface area contributed by atoms with Gasteiger partial charge in [-0.2, -0.15) is 0 Å². The molecule has 0 amide bonds. The van der Waals surface area contributed by atoms with Crippen molar-refractivity contribution in [2.75, 3.05) is 6.61 Å². The monoisotopic (exact) mass is 515 g/mol. The summed E-state index contributed by atoms with van der Waals surface area (Å²) in [4.78, 5) is 0. The van der Waals surface area contributed by atoms with Crippen molar-refractivity contribution in [3.63, 3.8) is 0 Å². The number of aromatic nitrogens is 2. The largest absolute Gasteiger partial charge is 0.492 e. The van der Waals surface area contributed by atoms with Crippen molar-refractivity contribution in [2.45, 2.75) is 20.0 Å². The number of hydrogen-bond donors (Lipinski definition) is 1. The minimum absolute atomic E-state index is 0. The van der Waals surface area contributed by atoms with Crippen LogP contribution >= 0.6 is 32.9 Å². The van der Waals surface area contributed by atoms with Crippen LogP contribution in [0.15, 0.2) is 77.3 Å². The van der Waals surface area contributed by atoms with Gasteiger partial charge in [-0.25, -0.2) is 0 Å². The Kier molecular flexibility index (Phi) is 6.98. The number of rotatable bonds is 6. The average Bonchev–Trinajstić information content (AvgIpc) is 2.96. The number of imidazole rings is 1. The third-order valence-corrected chi connectivity index (χ3v) is 5.61. The van der Waals surface area contributed by atoms with Gasteiger partial charge in [-0.1, -0.05) is 58.4 Å². The smallest absolute Gasteiger partial charge is 0.203 e. The number of fused-ring (bicyclic) bond motifs is 1. The van der Waals surface area contributed by atoms with Gasteiger partial charge in [-0.15, -0.1) is 17.0 Å². The fraction of sp³-hybridized carbons (Fsp3) is 0.174. The maximum Gasteiger partial charge on any atom is 0.203 e. The molecule has 0 saturated heterocycles. The predicted molar refractivity (Wildman–Crippen MR) is 126 cm³/mol. The van der Waals surface area contributed by atoms with Crippen molar-refractivity contribution < 1.29 is 4.74 Å². The molecule has 4 rings (SSSR count). The standard InChI is InChI=1S/C23H22BrN3O.BrH/c1-17-7-6-9-19(15-17)28-14-13-26-21-11-4-5-12-22(21)27(23(26)25)16-18-8-2-3-10-20(18)24;/h2-12,15,25H,13-14,16H2,1H3;1H. The summed E-state index contributed by atoms with van der Waals surface area (Å²) < 4.78 is 11.0. The maximum absolute atomic E-state index is 8.77. The third kappa shape index (κ3) is 4.65. The molecule has 0 aliphatic rings. The Morgan fingerprint density at radius 1 is 0.897 bits per heavy atom. The summed E-state index contributed by atoms with van der Waals surface area (Å²) in [5.74, 6) is 0.865. The predicted octanol–water partition coefficient (Wildman–Crippen LogP) is 5.70. The van der Waals surface area contributed by atoms with Gasteiger partial charge < -0.3 is 13.9 Å². The molecule has 3 aromatic carbocycles. The number of ether oxygens (including phenoxy) is 1.